The topological polar surface area (TPSA) is 24.9 Å². The van der Waals surface area contributed by atoms with Crippen molar-refractivity contribution in [3.8, 4) is 0 Å². The van der Waals surface area contributed by atoms with Gasteiger partial charge in [-0.25, -0.2) is 4.39 Å². The van der Waals surface area contributed by atoms with Gasteiger partial charge in [0.15, 0.2) is 0 Å². The average Bonchev–Trinajstić information content (AvgIpc) is 2.24. The zero-order chi connectivity index (χ0) is 10.8. The number of aromatic nitrogens is 1. The van der Waals surface area contributed by atoms with E-state index in [0.717, 1.165) is 37.2 Å². The third-order valence-electron chi connectivity index (χ3n) is 3.02. The van der Waals surface area contributed by atoms with E-state index in [1.54, 1.807) is 6.92 Å². The molecule has 0 amide bonds. The van der Waals surface area contributed by atoms with Gasteiger partial charge in [0.2, 0.25) is 0 Å². The lowest BCUT2D eigenvalue weighted by molar-refractivity contribution is 0.443. The summed E-state index contributed by atoms with van der Waals surface area (Å²) < 4.78 is 13.9. The molecule has 0 spiro atoms. The van der Waals surface area contributed by atoms with Crippen LogP contribution in [0.3, 0.4) is 0 Å². The third kappa shape index (κ3) is 2.17. The van der Waals surface area contributed by atoms with Crippen LogP contribution >= 0.6 is 0 Å². The molecule has 1 aromatic rings. The molecule has 0 bridgehead atoms. The van der Waals surface area contributed by atoms with Gasteiger partial charge < -0.3 is 5.32 Å². The van der Waals surface area contributed by atoms with Crippen LogP contribution in [-0.4, -0.2) is 18.1 Å². The highest BCUT2D eigenvalue weighted by Crippen LogP contribution is 2.26. The minimum Gasteiger partial charge on any atom is -0.316 e. The van der Waals surface area contributed by atoms with E-state index in [2.05, 4.69) is 10.3 Å². The number of hydrogen-bond acceptors (Lipinski definition) is 2. The fraction of sp³-hybridized carbons (Fsp3) is 0.583. The summed E-state index contributed by atoms with van der Waals surface area (Å²) in [5.74, 6) is 0.202. The molecule has 15 heavy (non-hydrogen) atoms. The van der Waals surface area contributed by atoms with E-state index in [9.17, 15) is 4.39 Å². The first kappa shape index (κ1) is 10.6. The lowest BCUT2D eigenvalue weighted by Gasteiger charge is -2.24. The summed E-state index contributed by atoms with van der Waals surface area (Å²) in [5, 5.41) is 3.31. The summed E-state index contributed by atoms with van der Waals surface area (Å²) in [5.41, 5.74) is 2.28. The van der Waals surface area contributed by atoms with Gasteiger partial charge in [-0.1, -0.05) is 0 Å². The largest absolute Gasteiger partial charge is 0.316 e. The molecule has 1 saturated heterocycles. The highest BCUT2D eigenvalue weighted by molar-refractivity contribution is 5.27. The Labute approximate surface area is 89.9 Å². The number of aryl methyl sites for hydroxylation is 2. The molecule has 1 aromatic heterocycles. The molecule has 1 N–H and O–H groups in total. The molecule has 1 fully saturated rings. The lowest BCUT2D eigenvalue weighted by Crippen LogP contribution is -2.29. The van der Waals surface area contributed by atoms with Crippen molar-refractivity contribution >= 4 is 0 Å². The Balaban J connectivity index is 2.33. The van der Waals surface area contributed by atoms with Crippen LogP contribution in [-0.2, 0) is 0 Å². The molecule has 0 aromatic carbocycles. The maximum atomic E-state index is 13.9. The molecule has 0 saturated carbocycles. The van der Waals surface area contributed by atoms with Gasteiger partial charge in [-0.2, -0.15) is 0 Å². The number of pyridine rings is 1. The van der Waals surface area contributed by atoms with Crippen LogP contribution in [0.2, 0.25) is 0 Å². The van der Waals surface area contributed by atoms with Gasteiger partial charge in [-0.3, -0.25) is 4.98 Å². The third-order valence-corrected chi connectivity index (χ3v) is 3.02. The van der Waals surface area contributed by atoms with E-state index in [4.69, 9.17) is 0 Å². The molecule has 1 aliphatic heterocycles. The molecular formula is C12H17FN2. The van der Waals surface area contributed by atoms with Crippen LogP contribution in [0.1, 0.15) is 35.7 Å². The zero-order valence-corrected chi connectivity index (χ0v) is 9.31. The minimum absolute atomic E-state index is 0.116. The monoisotopic (exact) mass is 208 g/mol. The Hall–Kier alpha value is -0.960. The fourth-order valence-electron chi connectivity index (χ4n) is 2.26. The second kappa shape index (κ2) is 4.27. The molecular weight excluding hydrogens is 191 g/mol. The van der Waals surface area contributed by atoms with E-state index < -0.39 is 0 Å². The van der Waals surface area contributed by atoms with Gasteiger partial charge in [0.25, 0.3) is 0 Å². The molecule has 2 heterocycles. The highest BCUT2D eigenvalue weighted by atomic mass is 19.1. The molecule has 0 radical (unpaired) electrons. The van der Waals surface area contributed by atoms with Crippen molar-refractivity contribution in [3.05, 3.63) is 28.8 Å². The number of nitrogens with one attached hydrogen (secondary N) is 1. The van der Waals surface area contributed by atoms with Crippen molar-refractivity contribution in [1.29, 1.82) is 0 Å². The van der Waals surface area contributed by atoms with Crippen molar-refractivity contribution < 1.29 is 4.39 Å². The molecule has 1 aliphatic rings. The van der Waals surface area contributed by atoms with Gasteiger partial charge in [0.1, 0.15) is 5.82 Å². The van der Waals surface area contributed by atoms with Crippen LogP contribution in [0, 0.1) is 19.7 Å². The van der Waals surface area contributed by atoms with Crippen LogP contribution in [0.25, 0.3) is 0 Å². The molecule has 2 rings (SSSR count). The number of piperidine rings is 1. The number of hydrogen-bond donors (Lipinski definition) is 1. The molecule has 1 atom stereocenters. The second-order valence-corrected chi connectivity index (χ2v) is 4.30. The Bertz CT molecular complexity index is 357. The predicted octanol–water partition coefficient (Wildman–Crippen LogP) is 2.30. The number of nitrogens with zero attached hydrogens (tertiary/aromatic N) is 1. The van der Waals surface area contributed by atoms with Gasteiger partial charge in [-0.05, 0) is 50.8 Å². The Morgan fingerprint density at radius 1 is 1.47 bits per heavy atom. The van der Waals surface area contributed by atoms with Crippen LogP contribution < -0.4 is 5.32 Å². The smallest absolute Gasteiger partial charge is 0.147 e. The zero-order valence-electron chi connectivity index (χ0n) is 9.31. The summed E-state index contributed by atoms with van der Waals surface area (Å²) in [4.78, 5) is 4.13. The SMILES string of the molecule is Cc1cc(C2CCCNC2)c(F)c(C)n1. The van der Waals surface area contributed by atoms with Crippen molar-refractivity contribution in [3.63, 3.8) is 0 Å². The summed E-state index contributed by atoms with van der Waals surface area (Å²) in [7, 11) is 0. The van der Waals surface area contributed by atoms with Crippen molar-refractivity contribution in [2.45, 2.75) is 32.6 Å². The molecule has 2 nitrogen and oxygen atoms in total. The van der Waals surface area contributed by atoms with Gasteiger partial charge >= 0.3 is 0 Å². The quantitative estimate of drug-likeness (QED) is 0.766. The van der Waals surface area contributed by atoms with E-state index >= 15 is 0 Å². The van der Waals surface area contributed by atoms with Crippen molar-refractivity contribution in [2.75, 3.05) is 13.1 Å². The van der Waals surface area contributed by atoms with Gasteiger partial charge in [-0.15, -0.1) is 0 Å². The first-order valence-electron chi connectivity index (χ1n) is 5.53. The van der Waals surface area contributed by atoms with Crippen LogP contribution in [0.4, 0.5) is 4.39 Å². The average molecular weight is 208 g/mol. The summed E-state index contributed by atoms with van der Waals surface area (Å²) in [6, 6.07) is 1.89. The molecule has 3 heteroatoms. The molecule has 1 unspecified atom stereocenters. The molecule has 82 valence electrons. The van der Waals surface area contributed by atoms with Crippen LogP contribution in [0.15, 0.2) is 6.07 Å². The number of rotatable bonds is 1. The maximum absolute atomic E-state index is 13.9. The lowest BCUT2D eigenvalue weighted by atomic mass is 9.91. The first-order valence-corrected chi connectivity index (χ1v) is 5.53. The van der Waals surface area contributed by atoms with E-state index in [0.29, 0.717) is 11.6 Å². The van der Waals surface area contributed by atoms with Gasteiger partial charge in [0.05, 0.1) is 5.69 Å². The Kier molecular flexibility index (Phi) is 3.00. The number of halogens is 1. The van der Waals surface area contributed by atoms with E-state index in [1.165, 1.54) is 0 Å². The van der Waals surface area contributed by atoms with Gasteiger partial charge in [0, 0.05) is 12.2 Å². The summed E-state index contributed by atoms with van der Waals surface area (Å²) >= 11 is 0. The van der Waals surface area contributed by atoms with Crippen molar-refractivity contribution in [1.82, 2.24) is 10.3 Å². The van der Waals surface area contributed by atoms with E-state index in [1.807, 2.05) is 13.0 Å². The molecule has 0 aliphatic carbocycles. The Morgan fingerprint density at radius 3 is 2.93 bits per heavy atom. The predicted molar refractivity (Wildman–Crippen MR) is 58.5 cm³/mol. The highest BCUT2D eigenvalue weighted by Gasteiger charge is 2.20. The van der Waals surface area contributed by atoms with Crippen molar-refractivity contribution in [2.24, 2.45) is 0 Å². The van der Waals surface area contributed by atoms with E-state index in [-0.39, 0.29) is 5.82 Å². The summed E-state index contributed by atoms with van der Waals surface area (Å²) in [6.07, 6.45) is 2.21. The second-order valence-electron chi connectivity index (χ2n) is 4.30. The first-order chi connectivity index (χ1) is 7.18. The van der Waals surface area contributed by atoms with Crippen LogP contribution in [0.5, 0.6) is 0 Å². The summed E-state index contributed by atoms with van der Waals surface area (Å²) in [6.45, 7) is 5.61. The fourth-order valence-corrected chi connectivity index (χ4v) is 2.26. The Morgan fingerprint density at radius 2 is 2.27 bits per heavy atom. The standard InChI is InChI=1S/C12H17FN2/c1-8-6-11(12(13)9(2)15-8)10-4-3-5-14-7-10/h6,10,14H,3-5,7H2,1-2H3. The normalized spacial score (nSPS) is 21.7. The minimum atomic E-state index is -0.116. The maximum Gasteiger partial charge on any atom is 0.147 e.